The molecule has 1 aliphatic heterocycles. The van der Waals surface area contributed by atoms with Gasteiger partial charge in [0.1, 0.15) is 11.5 Å². The van der Waals surface area contributed by atoms with E-state index < -0.39 is 17.3 Å². The molecule has 0 bridgehead atoms. The Morgan fingerprint density at radius 2 is 2.15 bits per heavy atom. The van der Waals surface area contributed by atoms with Crippen LogP contribution in [0, 0.1) is 0 Å². The van der Waals surface area contributed by atoms with Crippen molar-refractivity contribution in [3.63, 3.8) is 0 Å². The number of carbonyl (C=O) groups excluding carboxylic acids is 2. The standard InChI is InChI=1S/C14H22N2O4/c1-5-19-14(15,12(18)20-13(2,3)4)11(9-17)10-6-7-16-8-10/h6,16H,5,7-8,15H2,1-4H3. The minimum absolute atomic E-state index is 0.0152. The molecule has 0 saturated carbocycles. The van der Waals surface area contributed by atoms with Gasteiger partial charge in [0.2, 0.25) is 0 Å². The van der Waals surface area contributed by atoms with E-state index >= 15 is 0 Å². The van der Waals surface area contributed by atoms with Crippen molar-refractivity contribution in [2.45, 2.75) is 39.0 Å². The highest BCUT2D eigenvalue weighted by molar-refractivity contribution is 5.89. The summed E-state index contributed by atoms with van der Waals surface area (Å²) in [6.45, 7) is 8.07. The molecule has 0 aromatic carbocycles. The first-order chi connectivity index (χ1) is 9.24. The van der Waals surface area contributed by atoms with E-state index in [0.717, 1.165) is 0 Å². The second kappa shape index (κ2) is 6.33. The lowest BCUT2D eigenvalue weighted by molar-refractivity contribution is -0.177. The summed E-state index contributed by atoms with van der Waals surface area (Å²) in [5, 5.41) is 3.03. The molecule has 0 spiro atoms. The van der Waals surface area contributed by atoms with E-state index in [1.807, 2.05) is 0 Å². The lowest BCUT2D eigenvalue weighted by atomic mass is 9.97. The first-order valence-corrected chi connectivity index (χ1v) is 6.56. The van der Waals surface area contributed by atoms with Crippen molar-refractivity contribution < 1.29 is 19.1 Å². The Bertz CT molecular complexity index is 458. The van der Waals surface area contributed by atoms with Crippen LogP contribution in [0.25, 0.3) is 0 Å². The quantitative estimate of drug-likeness (QED) is 0.428. The topological polar surface area (TPSA) is 90.7 Å². The first-order valence-electron chi connectivity index (χ1n) is 6.56. The highest BCUT2D eigenvalue weighted by Crippen LogP contribution is 2.26. The van der Waals surface area contributed by atoms with Crippen molar-refractivity contribution in [2.24, 2.45) is 5.73 Å². The van der Waals surface area contributed by atoms with Gasteiger partial charge in [-0.3, -0.25) is 5.73 Å². The van der Waals surface area contributed by atoms with Gasteiger partial charge in [0, 0.05) is 19.7 Å². The predicted octanol–water partition coefficient (Wildman–Crippen LogP) is 0.307. The van der Waals surface area contributed by atoms with Gasteiger partial charge in [0.05, 0.1) is 5.57 Å². The molecule has 0 fully saturated rings. The van der Waals surface area contributed by atoms with E-state index in [1.165, 1.54) is 0 Å². The van der Waals surface area contributed by atoms with Crippen LogP contribution in [0.5, 0.6) is 0 Å². The molecular weight excluding hydrogens is 260 g/mol. The van der Waals surface area contributed by atoms with Gasteiger partial charge in [0.15, 0.2) is 0 Å². The molecule has 3 N–H and O–H groups in total. The number of hydrogen-bond acceptors (Lipinski definition) is 6. The molecule has 1 rings (SSSR count). The van der Waals surface area contributed by atoms with Crippen LogP contribution in [0.3, 0.4) is 0 Å². The number of esters is 1. The van der Waals surface area contributed by atoms with Crippen molar-refractivity contribution in [1.29, 1.82) is 0 Å². The fourth-order valence-corrected chi connectivity index (χ4v) is 1.86. The normalized spacial score (nSPS) is 17.9. The molecule has 0 saturated heterocycles. The van der Waals surface area contributed by atoms with Crippen LogP contribution in [-0.4, -0.2) is 42.9 Å². The SMILES string of the molecule is CCOC(N)(C(=O)OC(C)(C)C)C(=C=O)C1=CCNC1. The second-order valence-corrected chi connectivity index (χ2v) is 5.51. The molecule has 6 heteroatoms. The van der Waals surface area contributed by atoms with Gasteiger partial charge in [-0.25, -0.2) is 9.59 Å². The minimum atomic E-state index is -1.93. The zero-order valence-corrected chi connectivity index (χ0v) is 12.4. The Hall–Kier alpha value is -1.46. The highest BCUT2D eigenvalue weighted by Gasteiger charge is 2.45. The second-order valence-electron chi connectivity index (χ2n) is 5.51. The van der Waals surface area contributed by atoms with Crippen molar-refractivity contribution in [1.82, 2.24) is 5.32 Å². The largest absolute Gasteiger partial charge is 0.457 e. The van der Waals surface area contributed by atoms with Crippen molar-refractivity contribution in [3.8, 4) is 0 Å². The predicted molar refractivity (Wildman–Crippen MR) is 74.5 cm³/mol. The lowest BCUT2D eigenvalue weighted by Gasteiger charge is -2.31. The smallest absolute Gasteiger partial charge is 0.360 e. The van der Waals surface area contributed by atoms with Crippen LogP contribution in [0.15, 0.2) is 17.2 Å². The van der Waals surface area contributed by atoms with Gasteiger partial charge in [-0.05, 0) is 33.3 Å². The molecule has 0 aromatic rings. The van der Waals surface area contributed by atoms with Gasteiger partial charge in [0.25, 0.3) is 5.72 Å². The molecule has 1 aliphatic rings. The number of nitrogens with one attached hydrogen (secondary N) is 1. The van der Waals surface area contributed by atoms with Crippen molar-refractivity contribution in [3.05, 3.63) is 17.2 Å². The zero-order valence-electron chi connectivity index (χ0n) is 12.4. The fraction of sp³-hybridized carbons (Fsp3) is 0.643. The van der Waals surface area contributed by atoms with Crippen molar-refractivity contribution >= 4 is 11.9 Å². The Kier molecular flexibility index (Phi) is 5.25. The molecule has 1 heterocycles. The average Bonchev–Trinajstić information content (AvgIpc) is 2.81. The maximum Gasteiger partial charge on any atom is 0.360 e. The minimum Gasteiger partial charge on any atom is -0.457 e. The molecule has 112 valence electrons. The van der Waals surface area contributed by atoms with Crippen molar-refractivity contribution in [2.75, 3.05) is 19.7 Å². The Morgan fingerprint density at radius 3 is 2.55 bits per heavy atom. The Balaban J connectivity index is 3.12. The molecule has 0 radical (unpaired) electrons. The van der Waals surface area contributed by atoms with Crippen LogP contribution < -0.4 is 11.1 Å². The van der Waals surface area contributed by atoms with Gasteiger partial charge < -0.3 is 14.8 Å². The Morgan fingerprint density at radius 1 is 1.50 bits per heavy atom. The molecule has 1 atom stereocenters. The maximum absolute atomic E-state index is 12.3. The van der Waals surface area contributed by atoms with Crippen LogP contribution >= 0.6 is 0 Å². The summed E-state index contributed by atoms with van der Waals surface area (Å²) in [4.78, 5) is 23.6. The molecule has 6 nitrogen and oxygen atoms in total. The van der Waals surface area contributed by atoms with Gasteiger partial charge in [-0.2, -0.15) is 0 Å². The molecule has 0 aliphatic carbocycles. The first kappa shape index (κ1) is 16.6. The van der Waals surface area contributed by atoms with Crippen LogP contribution in [-0.2, 0) is 19.1 Å². The summed E-state index contributed by atoms with van der Waals surface area (Å²) < 4.78 is 10.6. The molecule has 0 aromatic heterocycles. The maximum atomic E-state index is 12.3. The summed E-state index contributed by atoms with van der Waals surface area (Å²) in [5.41, 5.74) is 3.97. The van der Waals surface area contributed by atoms with E-state index in [2.05, 4.69) is 5.32 Å². The summed E-state index contributed by atoms with van der Waals surface area (Å²) in [5.74, 6) is 0.950. The van der Waals surface area contributed by atoms with E-state index in [9.17, 15) is 9.59 Å². The highest BCUT2D eigenvalue weighted by atomic mass is 16.6. The number of ether oxygens (including phenoxy) is 2. The third kappa shape index (κ3) is 3.77. The summed E-state index contributed by atoms with van der Waals surface area (Å²) in [7, 11) is 0. The molecule has 0 amide bonds. The zero-order chi connectivity index (χ0) is 15.4. The molecule has 1 unspecified atom stereocenters. The lowest BCUT2D eigenvalue weighted by Crippen LogP contribution is -2.55. The molecule has 20 heavy (non-hydrogen) atoms. The third-order valence-corrected chi connectivity index (χ3v) is 2.68. The van der Waals surface area contributed by atoms with Crippen LogP contribution in [0.1, 0.15) is 27.7 Å². The van der Waals surface area contributed by atoms with E-state index in [1.54, 1.807) is 39.7 Å². The summed E-state index contributed by atoms with van der Waals surface area (Å²) in [6.07, 6.45) is 1.78. The summed E-state index contributed by atoms with van der Waals surface area (Å²) >= 11 is 0. The van der Waals surface area contributed by atoms with E-state index in [0.29, 0.717) is 18.7 Å². The summed E-state index contributed by atoms with van der Waals surface area (Å²) in [6, 6.07) is 0. The van der Waals surface area contributed by atoms with Gasteiger partial charge in [-0.1, -0.05) is 6.08 Å². The van der Waals surface area contributed by atoms with E-state index in [-0.39, 0.29) is 12.2 Å². The van der Waals surface area contributed by atoms with E-state index in [4.69, 9.17) is 15.2 Å². The number of rotatable bonds is 5. The van der Waals surface area contributed by atoms with Gasteiger partial charge in [-0.15, -0.1) is 0 Å². The fourth-order valence-electron chi connectivity index (χ4n) is 1.86. The monoisotopic (exact) mass is 282 g/mol. The average molecular weight is 282 g/mol. The van der Waals surface area contributed by atoms with Crippen LogP contribution in [0.4, 0.5) is 0 Å². The Labute approximate surface area is 119 Å². The third-order valence-electron chi connectivity index (χ3n) is 2.68. The number of nitrogens with two attached hydrogens (primary N) is 1. The van der Waals surface area contributed by atoms with Crippen LogP contribution in [0.2, 0.25) is 0 Å². The number of hydrogen-bond donors (Lipinski definition) is 2. The number of carbonyl (C=O) groups is 1. The molecular formula is C14H22N2O4. The van der Waals surface area contributed by atoms with Gasteiger partial charge >= 0.3 is 5.97 Å².